The normalized spacial score (nSPS) is 17.4. The lowest BCUT2D eigenvalue weighted by Crippen LogP contribution is -2.23. The Morgan fingerprint density at radius 2 is 2.19 bits per heavy atom. The first-order valence-electron chi connectivity index (χ1n) is 10.2. The maximum Gasteiger partial charge on any atom is 0.309 e. The molecule has 1 atom stereocenters. The summed E-state index contributed by atoms with van der Waals surface area (Å²) in [7, 11) is 1.62. The van der Waals surface area contributed by atoms with Gasteiger partial charge in [-0.1, -0.05) is 11.8 Å². The van der Waals surface area contributed by atoms with Gasteiger partial charge in [0.2, 0.25) is 0 Å². The van der Waals surface area contributed by atoms with Crippen molar-refractivity contribution in [1.82, 2.24) is 9.97 Å². The molecule has 2 aliphatic rings. The minimum Gasteiger partial charge on any atom is -0.495 e. The number of anilines is 2. The number of ether oxygens (including phenoxy) is 2. The van der Waals surface area contributed by atoms with E-state index in [1.54, 1.807) is 24.8 Å². The number of esters is 1. The van der Waals surface area contributed by atoms with Crippen LogP contribution in [0.25, 0.3) is 10.2 Å². The fraction of sp³-hybridized carbons (Fsp3) is 0.364. The van der Waals surface area contributed by atoms with E-state index < -0.39 is 0 Å². The largest absolute Gasteiger partial charge is 0.495 e. The van der Waals surface area contributed by atoms with Gasteiger partial charge < -0.3 is 14.8 Å². The lowest BCUT2D eigenvalue weighted by atomic mass is 9.88. The van der Waals surface area contributed by atoms with Gasteiger partial charge in [-0.05, 0) is 49.4 Å². The van der Waals surface area contributed by atoms with E-state index in [4.69, 9.17) is 9.47 Å². The molecule has 0 radical (unpaired) electrons. The highest BCUT2D eigenvalue weighted by atomic mass is 32.2. The summed E-state index contributed by atoms with van der Waals surface area (Å²) in [5.41, 5.74) is 2.96. The van der Waals surface area contributed by atoms with E-state index in [9.17, 15) is 9.59 Å². The van der Waals surface area contributed by atoms with Crippen molar-refractivity contribution >= 4 is 55.9 Å². The van der Waals surface area contributed by atoms with Crippen LogP contribution in [-0.2, 0) is 33.6 Å². The minimum atomic E-state index is -0.120. The highest BCUT2D eigenvalue weighted by molar-refractivity contribution is 8.14. The number of aromatic nitrogens is 2. The molecule has 0 saturated carbocycles. The number of hydrogen-bond acceptors (Lipinski definition) is 9. The maximum absolute atomic E-state index is 12.2. The van der Waals surface area contributed by atoms with Gasteiger partial charge in [0.15, 0.2) is 5.12 Å². The second-order valence-electron chi connectivity index (χ2n) is 7.53. The van der Waals surface area contributed by atoms with E-state index in [1.165, 1.54) is 22.2 Å². The van der Waals surface area contributed by atoms with Crippen molar-refractivity contribution in [2.45, 2.75) is 37.5 Å². The lowest BCUT2D eigenvalue weighted by molar-refractivity contribution is -0.148. The molecule has 31 heavy (non-hydrogen) atoms. The topological polar surface area (TPSA) is 90.4 Å². The summed E-state index contributed by atoms with van der Waals surface area (Å²) in [6.45, 7) is 2.24. The van der Waals surface area contributed by atoms with E-state index in [1.807, 2.05) is 19.1 Å². The van der Waals surface area contributed by atoms with E-state index in [0.29, 0.717) is 31.0 Å². The predicted octanol–water partition coefficient (Wildman–Crippen LogP) is 4.29. The van der Waals surface area contributed by atoms with Crippen LogP contribution in [0.4, 0.5) is 11.5 Å². The zero-order valence-corrected chi connectivity index (χ0v) is 18.8. The molecule has 0 bridgehead atoms. The quantitative estimate of drug-likeness (QED) is 0.570. The Morgan fingerprint density at radius 3 is 3.00 bits per heavy atom. The summed E-state index contributed by atoms with van der Waals surface area (Å²) in [5, 5.41) is 4.55. The molecule has 1 aromatic carbocycles. The lowest BCUT2D eigenvalue weighted by Gasteiger charge is -2.21. The van der Waals surface area contributed by atoms with Gasteiger partial charge in [-0.3, -0.25) is 9.59 Å². The molecule has 0 saturated heterocycles. The third-order valence-corrected chi connectivity index (χ3v) is 7.79. The van der Waals surface area contributed by atoms with Crippen molar-refractivity contribution in [1.29, 1.82) is 0 Å². The van der Waals surface area contributed by atoms with Crippen LogP contribution in [0.5, 0.6) is 5.75 Å². The molecule has 1 N–H and O–H groups in total. The number of carbonyl (C=O) groups is 2. The van der Waals surface area contributed by atoms with Crippen LogP contribution in [-0.4, -0.2) is 34.8 Å². The van der Waals surface area contributed by atoms with Crippen molar-refractivity contribution in [3.8, 4) is 5.75 Å². The summed E-state index contributed by atoms with van der Waals surface area (Å²) in [4.78, 5) is 36.1. The number of fused-ring (bicyclic) bond motifs is 4. The maximum atomic E-state index is 12.2. The average molecular weight is 456 g/mol. The number of aryl methyl sites for hydroxylation is 1. The first-order chi connectivity index (χ1) is 15.1. The molecule has 1 unspecified atom stereocenters. The number of benzene rings is 1. The van der Waals surface area contributed by atoms with E-state index >= 15 is 0 Å². The molecule has 3 heterocycles. The molecule has 7 nitrogen and oxygen atoms in total. The third-order valence-electron chi connectivity index (χ3n) is 5.66. The summed E-state index contributed by atoms with van der Waals surface area (Å²) >= 11 is 2.88. The smallest absolute Gasteiger partial charge is 0.309 e. The van der Waals surface area contributed by atoms with Gasteiger partial charge in [0.1, 0.15) is 22.7 Å². The van der Waals surface area contributed by atoms with Gasteiger partial charge in [-0.2, -0.15) is 0 Å². The predicted molar refractivity (Wildman–Crippen MR) is 120 cm³/mol. The number of nitrogens with one attached hydrogen (secondary N) is 1. The number of hydrogen-bond donors (Lipinski definition) is 1. The van der Waals surface area contributed by atoms with Crippen LogP contribution in [0, 0.1) is 5.92 Å². The third kappa shape index (κ3) is 3.65. The zero-order valence-electron chi connectivity index (χ0n) is 17.2. The highest BCUT2D eigenvalue weighted by Gasteiger charge is 2.30. The average Bonchev–Trinajstić information content (AvgIpc) is 3.31. The van der Waals surface area contributed by atoms with Crippen molar-refractivity contribution in [3.05, 3.63) is 34.5 Å². The number of nitrogens with zero attached hydrogens (tertiary/aromatic N) is 2. The zero-order chi connectivity index (χ0) is 21.5. The first kappa shape index (κ1) is 20.3. The summed E-state index contributed by atoms with van der Waals surface area (Å²) in [6.07, 6.45) is 4.19. The number of carbonyl (C=O) groups excluding carboxylic acids is 2. The molecule has 0 fully saturated rings. The van der Waals surface area contributed by atoms with Gasteiger partial charge in [0, 0.05) is 16.2 Å². The van der Waals surface area contributed by atoms with Gasteiger partial charge in [0.25, 0.3) is 0 Å². The van der Waals surface area contributed by atoms with Crippen LogP contribution in [0.15, 0.2) is 23.4 Å². The van der Waals surface area contributed by atoms with Gasteiger partial charge in [-0.25, -0.2) is 9.97 Å². The fourth-order valence-electron chi connectivity index (χ4n) is 4.21. The summed E-state index contributed by atoms with van der Waals surface area (Å²) in [5.74, 6) is 1.16. The van der Waals surface area contributed by atoms with Crippen LogP contribution in [0.1, 0.15) is 29.3 Å². The molecule has 1 aliphatic carbocycles. The van der Waals surface area contributed by atoms with Crippen molar-refractivity contribution in [3.63, 3.8) is 0 Å². The molecular weight excluding hydrogens is 434 g/mol. The molecule has 0 amide bonds. The van der Waals surface area contributed by atoms with Gasteiger partial charge >= 0.3 is 5.97 Å². The molecule has 2 aromatic heterocycles. The molecule has 0 spiro atoms. The van der Waals surface area contributed by atoms with Crippen LogP contribution < -0.4 is 10.1 Å². The Labute approximate surface area is 187 Å². The SMILES string of the molecule is CCOC(=O)C1CCc2c(sc3ncnc(Nc4cc5c(cc4OC)CC(=O)S5)c23)C1. The first-order valence-corrected chi connectivity index (χ1v) is 11.8. The van der Waals surface area contributed by atoms with E-state index in [-0.39, 0.29) is 17.0 Å². The second-order valence-corrected chi connectivity index (χ2v) is 9.72. The molecule has 9 heteroatoms. The van der Waals surface area contributed by atoms with Gasteiger partial charge in [0.05, 0.1) is 30.7 Å². The number of methoxy groups -OCH3 is 1. The summed E-state index contributed by atoms with van der Waals surface area (Å²) in [6, 6.07) is 3.87. The Balaban J connectivity index is 1.51. The molecule has 5 rings (SSSR count). The Bertz CT molecular complexity index is 1210. The van der Waals surface area contributed by atoms with Crippen LogP contribution >= 0.6 is 23.1 Å². The molecular formula is C22H21N3O4S2. The minimum absolute atomic E-state index is 0.101. The monoisotopic (exact) mass is 455 g/mol. The van der Waals surface area contributed by atoms with E-state index in [2.05, 4.69) is 15.3 Å². The Morgan fingerprint density at radius 1 is 1.32 bits per heavy atom. The van der Waals surface area contributed by atoms with Crippen molar-refractivity contribution in [2.75, 3.05) is 19.0 Å². The molecule has 160 valence electrons. The highest BCUT2D eigenvalue weighted by Crippen LogP contribution is 2.43. The summed E-state index contributed by atoms with van der Waals surface area (Å²) < 4.78 is 10.8. The van der Waals surface area contributed by atoms with Crippen LogP contribution in [0.3, 0.4) is 0 Å². The Hall–Kier alpha value is -2.65. The molecule has 1 aliphatic heterocycles. The number of thioether (sulfide) groups is 1. The molecule has 3 aromatic rings. The van der Waals surface area contributed by atoms with Crippen molar-refractivity contribution < 1.29 is 19.1 Å². The van der Waals surface area contributed by atoms with Crippen molar-refractivity contribution in [2.24, 2.45) is 5.92 Å². The number of thiophene rings is 1. The standard InChI is InChI=1S/C22H21N3O4S2/c1-3-29-22(27)11-4-5-13-17(7-11)31-21-19(13)20(23-10-24-21)25-14-9-16-12(6-15(14)28-2)8-18(26)30-16/h6,9-11H,3-5,7-8H2,1-2H3,(H,23,24,25). The Kier molecular flexibility index (Phi) is 5.31. The van der Waals surface area contributed by atoms with E-state index in [0.717, 1.165) is 39.2 Å². The number of rotatable bonds is 5. The van der Waals surface area contributed by atoms with Gasteiger partial charge in [-0.15, -0.1) is 11.3 Å². The fourth-order valence-corrected chi connectivity index (χ4v) is 6.39. The van der Waals surface area contributed by atoms with Crippen LogP contribution in [0.2, 0.25) is 0 Å². The second kappa shape index (κ2) is 8.12.